The number of hydrogen-bond acceptors (Lipinski definition) is 2. The average Bonchev–Trinajstić information content (AvgIpc) is 2.38. The molecule has 0 saturated heterocycles. The SMILES string of the molecule is CC(C)SCCC1(C(=O)O)CCCc2ccccc21. The van der Waals surface area contributed by atoms with Gasteiger partial charge in [-0.1, -0.05) is 38.1 Å². The van der Waals surface area contributed by atoms with E-state index in [1.807, 2.05) is 30.0 Å². The molecule has 0 amide bonds. The highest BCUT2D eigenvalue weighted by molar-refractivity contribution is 7.99. The summed E-state index contributed by atoms with van der Waals surface area (Å²) in [6.45, 7) is 4.32. The summed E-state index contributed by atoms with van der Waals surface area (Å²) < 4.78 is 0. The number of hydrogen-bond donors (Lipinski definition) is 1. The fourth-order valence-corrected chi connectivity index (χ4v) is 3.92. The molecule has 1 aromatic rings. The molecule has 1 unspecified atom stereocenters. The number of carbonyl (C=O) groups is 1. The molecule has 1 aliphatic carbocycles. The number of aliphatic carboxylic acids is 1. The molecule has 0 fully saturated rings. The molecular weight excluding hydrogens is 256 g/mol. The number of benzene rings is 1. The van der Waals surface area contributed by atoms with Crippen molar-refractivity contribution in [3.8, 4) is 0 Å². The van der Waals surface area contributed by atoms with E-state index < -0.39 is 11.4 Å². The van der Waals surface area contributed by atoms with Crippen molar-refractivity contribution in [3.05, 3.63) is 35.4 Å². The molecule has 104 valence electrons. The second-order valence-electron chi connectivity index (χ2n) is 5.57. The van der Waals surface area contributed by atoms with Gasteiger partial charge >= 0.3 is 5.97 Å². The first-order chi connectivity index (χ1) is 9.06. The highest BCUT2D eigenvalue weighted by Crippen LogP contribution is 2.41. The molecule has 0 aliphatic heterocycles. The van der Waals surface area contributed by atoms with Gasteiger partial charge in [0.25, 0.3) is 0 Å². The minimum atomic E-state index is -0.656. The fraction of sp³-hybridized carbons (Fsp3) is 0.562. The Morgan fingerprint density at radius 3 is 2.84 bits per heavy atom. The van der Waals surface area contributed by atoms with Gasteiger partial charge in [-0.3, -0.25) is 4.79 Å². The zero-order valence-corrected chi connectivity index (χ0v) is 12.5. The predicted molar refractivity (Wildman–Crippen MR) is 80.9 cm³/mol. The Kier molecular flexibility index (Phi) is 4.56. The van der Waals surface area contributed by atoms with Crippen LogP contribution in [0, 0.1) is 0 Å². The lowest BCUT2D eigenvalue weighted by Gasteiger charge is -2.35. The van der Waals surface area contributed by atoms with Crippen molar-refractivity contribution in [2.45, 2.75) is 50.2 Å². The highest BCUT2D eigenvalue weighted by atomic mass is 32.2. The first kappa shape index (κ1) is 14.4. The van der Waals surface area contributed by atoms with Crippen molar-refractivity contribution in [1.82, 2.24) is 0 Å². The zero-order valence-electron chi connectivity index (χ0n) is 11.7. The number of fused-ring (bicyclic) bond motifs is 1. The lowest BCUT2D eigenvalue weighted by molar-refractivity contribution is -0.144. The van der Waals surface area contributed by atoms with Crippen molar-refractivity contribution in [2.24, 2.45) is 0 Å². The molecule has 0 radical (unpaired) electrons. The van der Waals surface area contributed by atoms with Gasteiger partial charge in [-0.15, -0.1) is 0 Å². The summed E-state index contributed by atoms with van der Waals surface area (Å²) in [4.78, 5) is 11.9. The summed E-state index contributed by atoms with van der Waals surface area (Å²) in [6.07, 6.45) is 3.51. The van der Waals surface area contributed by atoms with Crippen molar-refractivity contribution >= 4 is 17.7 Å². The minimum Gasteiger partial charge on any atom is -0.481 e. The normalized spacial score (nSPS) is 22.3. The number of rotatable bonds is 5. The lowest BCUT2D eigenvalue weighted by Crippen LogP contribution is -2.39. The van der Waals surface area contributed by atoms with Crippen LogP contribution in [0.2, 0.25) is 0 Å². The molecule has 1 atom stereocenters. The lowest BCUT2D eigenvalue weighted by atomic mass is 9.68. The summed E-state index contributed by atoms with van der Waals surface area (Å²) in [5, 5.41) is 10.4. The molecule has 2 nitrogen and oxygen atoms in total. The van der Waals surface area contributed by atoms with E-state index in [-0.39, 0.29) is 0 Å². The van der Waals surface area contributed by atoms with Gasteiger partial charge in [-0.2, -0.15) is 11.8 Å². The van der Waals surface area contributed by atoms with Crippen LogP contribution >= 0.6 is 11.8 Å². The van der Waals surface area contributed by atoms with Crippen LogP contribution in [-0.4, -0.2) is 22.1 Å². The summed E-state index contributed by atoms with van der Waals surface area (Å²) >= 11 is 1.85. The summed E-state index contributed by atoms with van der Waals surface area (Å²) in [5.74, 6) is 0.266. The molecule has 2 rings (SSSR count). The van der Waals surface area contributed by atoms with Gasteiger partial charge in [0.15, 0.2) is 0 Å². The van der Waals surface area contributed by atoms with Crippen LogP contribution < -0.4 is 0 Å². The van der Waals surface area contributed by atoms with Crippen molar-refractivity contribution in [2.75, 3.05) is 5.75 Å². The van der Waals surface area contributed by atoms with E-state index in [2.05, 4.69) is 19.9 Å². The Labute approximate surface area is 119 Å². The quantitative estimate of drug-likeness (QED) is 0.888. The van der Waals surface area contributed by atoms with Crippen LogP contribution in [0.5, 0.6) is 0 Å². The molecule has 19 heavy (non-hydrogen) atoms. The van der Waals surface area contributed by atoms with Crippen molar-refractivity contribution < 1.29 is 9.90 Å². The largest absolute Gasteiger partial charge is 0.481 e. The smallest absolute Gasteiger partial charge is 0.314 e. The van der Waals surface area contributed by atoms with Gasteiger partial charge in [-0.05, 0) is 47.8 Å². The standard InChI is InChI=1S/C16H22O2S/c1-12(2)19-11-10-16(15(17)18)9-5-7-13-6-3-4-8-14(13)16/h3-4,6,8,12H,5,7,9-11H2,1-2H3,(H,17,18). The van der Waals surface area contributed by atoms with Gasteiger partial charge in [-0.25, -0.2) is 0 Å². The summed E-state index contributed by atoms with van der Waals surface area (Å²) in [5.41, 5.74) is 1.63. The van der Waals surface area contributed by atoms with Gasteiger partial charge in [0, 0.05) is 0 Å². The van der Waals surface area contributed by atoms with E-state index >= 15 is 0 Å². The first-order valence-electron chi connectivity index (χ1n) is 6.99. The van der Waals surface area contributed by atoms with Crippen LogP contribution in [0.4, 0.5) is 0 Å². The zero-order chi connectivity index (χ0) is 13.9. The van der Waals surface area contributed by atoms with Gasteiger partial charge in [0.05, 0.1) is 5.41 Å². The first-order valence-corrected chi connectivity index (χ1v) is 8.04. The van der Waals surface area contributed by atoms with E-state index in [4.69, 9.17) is 0 Å². The van der Waals surface area contributed by atoms with Gasteiger partial charge in [0.1, 0.15) is 0 Å². The Hall–Kier alpha value is -0.960. The topological polar surface area (TPSA) is 37.3 Å². The number of aryl methyl sites for hydroxylation is 1. The molecule has 0 aromatic heterocycles. The maximum Gasteiger partial charge on any atom is 0.314 e. The van der Waals surface area contributed by atoms with Crippen LogP contribution in [0.25, 0.3) is 0 Å². The Morgan fingerprint density at radius 2 is 2.16 bits per heavy atom. The third-order valence-electron chi connectivity index (χ3n) is 3.97. The number of carboxylic acids is 1. The monoisotopic (exact) mass is 278 g/mol. The van der Waals surface area contributed by atoms with E-state index in [0.29, 0.717) is 5.25 Å². The maximum atomic E-state index is 11.9. The highest BCUT2D eigenvalue weighted by Gasteiger charge is 2.42. The molecule has 1 aliphatic rings. The molecule has 3 heteroatoms. The molecular formula is C16H22O2S. The molecule has 0 heterocycles. The van der Waals surface area contributed by atoms with E-state index in [0.717, 1.165) is 37.0 Å². The number of carboxylic acid groups (broad SMARTS) is 1. The third-order valence-corrected chi connectivity index (χ3v) is 5.08. The summed E-state index contributed by atoms with van der Waals surface area (Å²) in [7, 11) is 0. The van der Waals surface area contributed by atoms with Gasteiger partial charge < -0.3 is 5.11 Å². The predicted octanol–water partition coefficient (Wildman–Crippen LogP) is 3.88. The van der Waals surface area contributed by atoms with Crippen molar-refractivity contribution in [3.63, 3.8) is 0 Å². The maximum absolute atomic E-state index is 11.9. The average molecular weight is 278 g/mol. The summed E-state index contributed by atoms with van der Waals surface area (Å²) in [6, 6.07) is 8.08. The van der Waals surface area contributed by atoms with Crippen LogP contribution in [-0.2, 0) is 16.6 Å². The third kappa shape index (κ3) is 2.97. The van der Waals surface area contributed by atoms with Crippen molar-refractivity contribution in [1.29, 1.82) is 0 Å². The minimum absolute atomic E-state index is 0.560. The molecule has 1 aromatic carbocycles. The molecule has 1 N–H and O–H groups in total. The number of thioether (sulfide) groups is 1. The van der Waals surface area contributed by atoms with E-state index in [1.54, 1.807) is 0 Å². The Balaban J connectivity index is 2.28. The fourth-order valence-electron chi connectivity index (χ4n) is 2.98. The van der Waals surface area contributed by atoms with E-state index in [9.17, 15) is 9.90 Å². The Bertz CT molecular complexity index is 456. The van der Waals surface area contributed by atoms with Crippen LogP contribution in [0.15, 0.2) is 24.3 Å². The second kappa shape index (κ2) is 6.00. The molecule has 0 bridgehead atoms. The van der Waals surface area contributed by atoms with Crippen LogP contribution in [0.3, 0.4) is 0 Å². The van der Waals surface area contributed by atoms with E-state index in [1.165, 1.54) is 5.56 Å². The Morgan fingerprint density at radius 1 is 1.42 bits per heavy atom. The molecule has 0 saturated carbocycles. The van der Waals surface area contributed by atoms with Crippen LogP contribution in [0.1, 0.15) is 44.2 Å². The van der Waals surface area contributed by atoms with Gasteiger partial charge in [0.2, 0.25) is 0 Å². The second-order valence-corrected chi connectivity index (χ2v) is 7.25. The molecule has 0 spiro atoms.